The lowest BCUT2D eigenvalue weighted by Gasteiger charge is -2.38. The van der Waals surface area contributed by atoms with Crippen LogP contribution in [0, 0.1) is 10.1 Å². The van der Waals surface area contributed by atoms with Gasteiger partial charge in [0.05, 0.1) is 4.92 Å². The highest BCUT2D eigenvalue weighted by atomic mass is 16.6. The normalized spacial score (nSPS) is 16.3. The molecule has 0 spiro atoms. The number of aromatic nitrogens is 2. The molecule has 0 aliphatic carbocycles. The summed E-state index contributed by atoms with van der Waals surface area (Å²) >= 11 is 0. The molecule has 3 rings (SSSR count). The SMILES string of the molecule is O=C(Cn1cc([N+](=O)[O-])cn1)NCC1(c2ccccc2)CCOCC1. The van der Waals surface area contributed by atoms with Gasteiger partial charge in [-0.3, -0.25) is 19.6 Å². The number of rotatable bonds is 6. The van der Waals surface area contributed by atoms with Gasteiger partial charge in [0.2, 0.25) is 5.91 Å². The van der Waals surface area contributed by atoms with Crippen molar-refractivity contribution in [2.45, 2.75) is 24.8 Å². The first-order chi connectivity index (χ1) is 12.1. The number of nitrogens with one attached hydrogen (secondary N) is 1. The molecule has 0 unspecified atom stereocenters. The summed E-state index contributed by atoms with van der Waals surface area (Å²) in [6, 6.07) is 10.1. The van der Waals surface area contributed by atoms with Crippen LogP contribution in [0.1, 0.15) is 18.4 Å². The summed E-state index contributed by atoms with van der Waals surface area (Å²) in [5.74, 6) is -0.222. The molecule has 2 heterocycles. The van der Waals surface area contributed by atoms with E-state index in [1.165, 1.54) is 16.4 Å². The van der Waals surface area contributed by atoms with Crippen molar-refractivity contribution in [1.29, 1.82) is 0 Å². The van der Waals surface area contributed by atoms with Crippen molar-refractivity contribution in [1.82, 2.24) is 15.1 Å². The van der Waals surface area contributed by atoms with Crippen molar-refractivity contribution in [3.05, 3.63) is 58.4 Å². The largest absolute Gasteiger partial charge is 0.381 e. The Hall–Kier alpha value is -2.74. The molecule has 25 heavy (non-hydrogen) atoms. The Morgan fingerprint density at radius 1 is 1.32 bits per heavy atom. The van der Waals surface area contributed by atoms with E-state index in [4.69, 9.17) is 4.74 Å². The predicted molar refractivity (Wildman–Crippen MR) is 90.1 cm³/mol. The van der Waals surface area contributed by atoms with Crippen LogP contribution in [0.15, 0.2) is 42.7 Å². The maximum atomic E-state index is 12.2. The quantitative estimate of drug-likeness (QED) is 0.634. The predicted octanol–water partition coefficient (Wildman–Crippen LogP) is 1.66. The Morgan fingerprint density at radius 3 is 2.68 bits per heavy atom. The van der Waals surface area contributed by atoms with Gasteiger partial charge >= 0.3 is 5.69 Å². The average Bonchev–Trinajstić information content (AvgIpc) is 3.10. The third-order valence-corrected chi connectivity index (χ3v) is 4.60. The van der Waals surface area contributed by atoms with Crippen LogP contribution >= 0.6 is 0 Å². The molecule has 1 aliphatic rings. The molecular formula is C17H20N4O4. The van der Waals surface area contributed by atoms with Gasteiger partial charge in [-0.2, -0.15) is 5.10 Å². The fourth-order valence-electron chi connectivity index (χ4n) is 3.13. The van der Waals surface area contributed by atoms with Crippen molar-refractivity contribution in [2.75, 3.05) is 19.8 Å². The van der Waals surface area contributed by atoms with Crippen molar-refractivity contribution in [2.24, 2.45) is 0 Å². The van der Waals surface area contributed by atoms with Crippen molar-refractivity contribution < 1.29 is 14.5 Å². The molecule has 8 heteroatoms. The number of hydrogen-bond donors (Lipinski definition) is 1. The Morgan fingerprint density at radius 2 is 2.04 bits per heavy atom. The molecule has 1 fully saturated rings. The van der Waals surface area contributed by atoms with Gasteiger partial charge < -0.3 is 10.1 Å². The molecule has 1 N–H and O–H groups in total. The molecule has 0 bridgehead atoms. The van der Waals surface area contributed by atoms with E-state index in [9.17, 15) is 14.9 Å². The second kappa shape index (κ2) is 7.43. The van der Waals surface area contributed by atoms with Gasteiger partial charge in [-0.1, -0.05) is 30.3 Å². The lowest BCUT2D eigenvalue weighted by Crippen LogP contribution is -2.45. The monoisotopic (exact) mass is 344 g/mol. The fourth-order valence-corrected chi connectivity index (χ4v) is 3.13. The maximum absolute atomic E-state index is 12.2. The highest BCUT2D eigenvalue weighted by Crippen LogP contribution is 2.34. The third kappa shape index (κ3) is 4.03. The molecule has 1 amide bonds. The van der Waals surface area contributed by atoms with E-state index in [0.29, 0.717) is 19.8 Å². The van der Waals surface area contributed by atoms with Crippen molar-refractivity contribution in [3.8, 4) is 0 Å². The van der Waals surface area contributed by atoms with E-state index in [2.05, 4.69) is 22.5 Å². The zero-order valence-corrected chi connectivity index (χ0v) is 13.8. The summed E-state index contributed by atoms with van der Waals surface area (Å²) in [5.41, 5.74) is 0.914. The Kier molecular flexibility index (Phi) is 5.08. The van der Waals surface area contributed by atoms with Gasteiger partial charge in [0.1, 0.15) is 18.9 Å². The summed E-state index contributed by atoms with van der Waals surface area (Å²) in [7, 11) is 0. The molecule has 0 radical (unpaired) electrons. The van der Waals surface area contributed by atoms with Gasteiger partial charge in [-0.05, 0) is 18.4 Å². The second-order valence-electron chi connectivity index (χ2n) is 6.19. The minimum absolute atomic E-state index is 0.0464. The van der Waals surface area contributed by atoms with E-state index in [1.807, 2.05) is 18.2 Å². The Labute approximate surface area is 144 Å². The van der Waals surface area contributed by atoms with Crippen LogP contribution in [0.3, 0.4) is 0 Å². The van der Waals surface area contributed by atoms with Gasteiger partial charge in [-0.25, -0.2) is 0 Å². The van der Waals surface area contributed by atoms with Gasteiger partial charge in [0, 0.05) is 25.2 Å². The number of nitrogens with zero attached hydrogens (tertiary/aromatic N) is 3. The van der Waals surface area contributed by atoms with Crippen molar-refractivity contribution >= 4 is 11.6 Å². The summed E-state index contributed by atoms with van der Waals surface area (Å²) in [6.07, 6.45) is 4.06. The van der Waals surface area contributed by atoms with Crippen LogP contribution in [-0.4, -0.2) is 40.4 Å². The third-order valence-electron chi connectivity index (χ3n) is 4.60. The first-order valence-corrected chi connectivity index (χ1v) is 8.16. The number of amides is 1. The van der Waals surface area contributed by atoms with Crippen LogP contribution in [0.25, 0.3) is 0 Å². The van der Waals surface area contributed by atoms with E-state index in [0.717, 1.165) is 19.0 Å². The molecule has 1 saturated heterocycles. The molecule has 1 aromatic carbocycles. The topological polar surface area (TPSA) is 99.3 Å². The number of hydrogen-bond acceptors (Lipinski definition) is 5. The molecule has 0 saturated carbocycles. The van der Waals surface area contributed by atoms with E-state index in [1.54, 1.807) is 0 Å². The van der Waals surface area contributed by atoms with Gasteiger partial charge in [-0.15, -0.1) is 0 Å². The standard InChI is InChI=1S/C17H20N4O4/c22-16(12-20-11-15(10-19-20)21(23)24)18-13-17(6-8-25-9-7-17)14-4-2-1-3-5-14/h1-5,10-11H,6-9,12-13H2,(H,18,22). The molecule has 2 aromatic rings. The van der Waals surface area contributed by atoms with Crippen molar-refractivity contribution in [3.63, 3.8) is 0 Å². The summed E-state index contributed by atoms with van der Waals surface area (Å²) < 4.78 is 6.75. The zero-order chi connectivity index (χ0) is 17.7. The van der Waals surface area contributed by atoms with Crippen LogP contribution in [0.5, 0.6) is 0 Å². The van der Waals surface area contributed by atoms with E-state index in [-0.39, 0.29) is 23.6 Å². The van der Waals surface area contributed by atoms with Crippen LogP contribution < -0.4 is 5.32 Å². The molecule has 8 nitrogen and oxygen atoms in total. The number of benzene rings is 1. The minimum atomic E-state index is -0.534. The molecule has 0 atom stereocenters. The van der Waals surface area contributed by atoms with E-state index < -0.39 is 4.92 Å². The number of ether oxygens (including phenoxy) is 1. The fraction of sp³-hybridized carbons (Fsp3) is 0.412. The number of nitro groups is 1. The zero-order valence-electron chi connectivity index (χ0n) is 13.8. The number of carbonyl (C=O) groups is 1. The maximum Gasteiger partial charge on any atom is 0.307 e. The lowest BCUT2D eigenvalue weighted by molar-refractivity contribution is -0.385. The summed E-state index contributed by atoms with van der Waals surface area (Å²) in [4.78, 5) is 22.4. The first-order valence-electron chi connectivity index (χ1n) is 8.16. The van der Waals surface area contributed by atoms with Crippen LogP contribution in [-0.2, 0) is 21.5 Å². The average molecular weight is 344 g/mol. The smallest absolute Gasteiger partial charge is 0.307 e. The Balaban J connectivity index is 1.64. The highest BCUT2D eigenvalue weighted by Gasteiger charge is 2.34. The minimum Gasteiger partial charge on any atom is -0.381 e. The summed E-state index contributed by atoms with van der Waals surface area (Å²) in [5, 5.41) is 17.5. The Bertz CT molecular complexity index is 738. The lowest BCUT2D eigenvalue weighted by atomic mass is 9.74. The molecule has 1 aliphatic heterocycles. The van der Waals surface area contributed by atoms with Crippen LogP contribution in [0.4, 0.5) is 5.69 Å². The van der Waals surface area contributed by atoms with Gasteiger partial charge in [0.15, 0.2) is 0 Å². The molecule has 132 valence electrons. The molecule has 1 aromatic heterocycles. The summed E-state index contributed by atoms with van der Waals surface area (Å²) in [6.45, 7) is 1.78. The first kappa shape index (κ1) is 17.1. The van der Waals surface area contributed by atoms with Crippen LogP contribution in [0.2, 0.25) is 0 Å². The van der Waals surface area contributed by atoms with Gasteiger partial charge in [0.25, 0.3) is 0 Å². The number of carbonyl (C=O) groups excluding carboxylic acids is 1. The van der Waals surface area contributed by atoms with E-state index >= 15 is 0 Å². The highest BCUT2D eigenvalue weighted by molar-refractivity contribution is 5.75. The molecular weight excluding hydrogens is 324 g/mol. The second-order valence-corrected chi connectivity index (χ2v) is 6.19.